The number of oxazole rings is 1. The summed E-state index contributed by atoms with van der Waals surface area (Å²) in [7, 11) is 0. The van der Waals surface area contributed by atoms with E-state index in [4.69, 9.17) is 9.15 Å². The van der Waals surface area contributed by atoms with Crippen LogP contribution in [-0.4, -0.2) is 29.1 Å². The molecule has 0 radical (unpaired) electrons. The van der Waals surface area contributed by atoms with E-state index in [9.17, 15) is 9.59 Å². The van der Waals surface area contributed by atoms with Crippen molar-refractivity contribution in [1.29, 1.82) is 0 Å². The van der Waals surface area contributed by atoms with Gasteiger partial charge in [0.2, 0.25) is 5.91 Å². The second-order valence-electron chi connectivity index (χ2n) is 8.90. The van der Waals surface area contributed by atoms with Crippen molar-refractivity contribution in [3.05, 3.63) is 77.8 Å². The Kier molecular flexibility index (Phi) is 7.87. The maximum Gasteiger partial charge on any atom is 0.408 e. The number of alkyl carbamates (subject to hydrolysis) is 1. The number of rotatable bonds is 8. The number of hydrogen-bond acceptors (Lipinski definition) is 5. The second-order valence-corrected chi connectivity index (χ2v) is 8.90. The van der Waals surface area contributed by atoms with Crippen molar-refractivity contribution in [2.24, 2.45) is 0 Å². The zero-order valence-electron chi connectivity index (χ0n) is 19.6. The number of nitrogens with zero attached hydrogens (tertiary/aromatic N) is 1. The van der Waals surface area contributed by atoms with Gasteiger partial charge in [0.15, 0.2) is 11.7 Å². The van der Waals surface area contributed by atoms with Crippen LogP contribution < -0.4 is 10.6 Å². The minimum Gasteiger partial charge on any atom is -0.444 e. The van der Waals surface area contributed by atoms with E-state index in [2.05, 4.69) is 15.6 Å². The summed E-state index contributed by atoms with van der Waals surface area (Å²) in [4.78, 5) is 29.0. The minimum atomic E-state index is -0.609. The van der Waals surface area contributed by atoms with Crippen LogP contribution in [0, 0.1) is 6.92 Å². The summed E-state index contributed by atoms with van der Waals surface area (Å²) in [5.41, 5.74) is 2.38. The third kappa shape index (κ3) is 7.79. The van der Waals surface area contributed by atoms with E-state index < -0.39 is 17.7 Å². The fraction of sp³-hybridized carbons (Fsp3) is 0.346. The van der Waals surface area contributed by atoms with Gasteiger partial charge in [-0.25, -0.2) is 9.78 Å². The Morgan fingerprint density at radius 2 is 1.76 bits per heavy atom. The Hall–Kier alpha value is -3.61. The van der Waals surface area contributed by atoms with Gasteiger partial charge in [0.05, 0.1) is 12.2 Å². The first-order chi connectivity index (χ1) is 15.7. The largest absolute Gasteiger partial charge is 0.444 e. The van der Waals surface area contributed by atoms with Crippen molar-refractivity contribution < 1.29 is 18.7 Å². The van der Waals surface area contributed by atoms with Crippen LogP contribution in [0.5, 0.6) is 0 Å². The lowest BCUT2D eigenvalue weighted by Crippen LogP contribution is -2.40. The molecule has 0 spiro atoms. The fourth-order valence-electron chi connectivity index (χ4n) is 3.19. The molecule has 0 bridgehead atoms. The monoisotopic (exact) mass is 449 g/mol. The summed E-state index contributed by atoms with van der Waals surface area (Å²) < 4.78 is 11.2. The van der Waals surface area contributed by atoms with Crippen molar-refractivity contribution in [2.45, 2.75) is 52.2 Å². The van der Waals surface area contributed by atoms with Gasteiger partial charge in [0.1, 0.15) is 5.60 Å². The molecule has 0 aliphatic rings. The maximum atomic E-state index is 12.5. The van der Waals surface area contributed by atoms with Crippen LogP contribution in [0.25, 0.3) is 11.3 Å². The molecule has 7 nitrogen and oxygen atoms in total. The summed E-state index contributed by atoms with van der Waals surface area (Å²) >= 11 is 0. The van der Waals surface area contributed by atoms with Crippen LogP contribution in [0.3, 0.4) is 0 Å². The Labute approximate surface area is 194 Å². The SMILES string of the molecule is Cc1ccc(-c2cnc(CCC(=O)NC[C@H](NC(=O)OC(C)(C)C)c3ccccc3)o2)cc1. The molecule has 0 aliphatic heterocycles. The lowest BCUT2D eigenvalue weighted by molar-refractivity contribution is -0.121. The number of carbonyl (C=O) groups excluding carboxylic acids is 2. The van der Waals surface area contributed by atoms with Gasteiger partial charge in [-0.1, -0.05) is 60.2 Å². The van der Waals surface area contributed by atoms with Crippen molar-refractivity contribution in [3.63, 3.8) is 0 Å². The molecule has 2 aromatic carbocycles. The van der Waals surface area contributed by atoms with Gasteiger partial charge in [-0.3, -0.25) is 4.79 Å². The van der Waals surface area contributed by atoms with E-state index in [1.54, 1.807) is 27.0 Å². The highest BCUT2D eigenvalue weighted by atomic mass is 16.6. The molecular weight excluding hydrogens is 418 g/mol. The summed E-state index contributed by atoms with van der Waals surface area (Å²) in [5, 5.41) is 5.72. The first-order valence-electron chi connectivity index (χ1n) is 11.0. The molecule has 0 fully saturated rings. The van der Waals surface area contributed by atoms with Gasteiger partial charge in [-0.05, 0) is 33.3 Å². The van der Waals surface area contributed by atoms with Crippen LogP contribution in [-0.2, 0) is 16.0 Å². The standard InChI is InChI=1S/C26H31N3O4/c1-18-10-12-20(13-11-18)22-17-28-24(32-22)15-14-23(30)27-16-21(19-8-6-5-7-9-19)29-25(31)33-26(2,3)4/h5-13,17,21H,14-16H2,1-4H3,(H,27,30)(H,29,31)/t21-/m0/s1. The van der Waals surface area contributed by atoms with Gasteiger partial charge >= 0.3 is 6.09 Å². The highest BCUT2D eigenvalue weighted by Gasteiger charge is 2.21. The number of benzene rings is 2. The van der Waals surface area contributed by atoms with E-state index in [0.29, 0.717) is 18.1 Å². The topological polar surface area (TPSA) is 93.5 Å². The van der Waals surface area contributed by atoms with Crippen molar-refractivity contribution in [3.8, 4) is 11.3 Å². The number of hydrogen-bond donors (Lipinski definition) is 2. The Balaban J connectivity index is 1.53. The molecule has 3 aromatic rings. The zero-order chi connectivity index (χ0) is 23.8. The van der Waals surface area contributed by atoms with Crippen molar-refractivity contribution in [1.82, 2.24) is 15.6 Å². The van der Waals surface area contributed by atoms with E-state index >= 15 is 0 Å². The molecule has 1 heterocycles. The number of carbonyl (C=O) groups is 2. The minimum absolute atomic E-state index is 0.156. The predicted octanol–water partition coefficient (Wildman–Crippen LogP) is 4.96. The van der Waals surface area contributed by atoms with Crippen molar-refractivity contribution in [2.75, 3.05) is 6.54 Å². The molecule has 3 rings (SSSR count). The first kappa shape index (κ1) is 24.0. The highest BCUT2D eigenvalue weighted by Crippen LogP contribution is 2.21. The summed E-state index contributed by atoms with van der Waals surface area (Å²) in [6.45, 7) is 7.68. The van der Waals surface area contributed by atoms with Crippen LogP contribution in [0.1, 0.15) is 50.3 Å². The number of nitrogens with one attached hydrogen (secondary N) is 2. The zero-order valence-corrected chi connectivity index (χ0v) is 19.6. The van der Waals surface area contributed by atoms with E-state index in [-0.39, 0.29) is 18.9 Å². The Morgan fingerprint density at radius 1 is 1.06 bits per heavy atom. The molecule has 174 valence electrons. The molecule has 2 N–H and O–H groups in total. The Morgan fingerprint density at radius 3 is 2.42 bits per heavy atom. The molecule has 33 heavy (non-hydrogen) atoms. The Bertz CT molecular complexity index is 1050. The molecule has 0 saturated carbocycles. The normalized spacial score (nSPS) is 12.1. The average molecular weight is 450 g/mol. The number of ether oxygens (including phenoxy) is 1. The lowest BCUT2D eigenvalue weighted by Gasteiger charge is -2.24. The molecule has 1 aromatic heterocycles. The van der Waals surface area contributed by atoms with Gasteiger partial charge < -0.3 is 19.8 Å². The molecule has 0 unspecified atom stereocenters. The molecule has 2 amide bonds. The third-order valence-electron chi connectivity index (χ3n) is 4.85. The summed E-state index contributed by atoms with van der Waals surface area (Å²) in [5.74, 6) is 1.03. The quantitative estimate of drug-likeness (QED) is 0.507. The van der Waals surface area contributed by atoms with Crippen LogP contribution >= 0.6 is 0 Å². The van der Waals surface area contributed by atoms with E-state index in [0.717, 1.165) is 11.1 Å². The maximum absolute atomic E-state index is 12.5. The van der Waals surface area contributed by atoms with E-state index in [1.165, 1.54) is 5.56 Å². The van der Waals surface area contributed by atoms with Gasteiger partial charge in [0, 0.05) is 24.9 Å². The summed E-state index contributed by atoms with van der Waals surface area (Å²) in [6.07, 6.45) is 1.75. The average Bonchev–Trinajstić information content (AvgIpc) is 3.24. The summed E-state index contributed by atoms with van der Waals surface area (Å²) in [6, 6.07) is 17.0. The van der Waals surface area contributed by atoms with Gasteiger partial charge in [0.25, 0.3) is 0 Å². The number of amides is 2. The second kappa shape index (κ2) is 10.8. The third-order valence-corrected chi connectivity index (χ3v) is 4.85. The number of aromatic nitrogens is 1. The highest BCUT2D eigenvalue weighted by molar-refractivity contribution is 5.76. The molecule has 0 saturated heterocycles. The van der Waals surface area contributed by atoms with E-state index in [1.807, 2.05) is 61.5 Å². The molecule has 1 atom stereocenters. The van der Waals surface area contributed by atoms with Gasteiger partial charge in [-0.15, -0.1) is 0 Å². The molecule has 7 heteroatoms. The van der Waals surface area contributed by atoms with Gasteiger partial charge in [-0.2, -0.15) is 0 Å². The van der Waals surface area contributed by atoms with Crippen molar-refractivity contribution >= 4 is 12.0 Å². The lowest BCUT2D eigenvalue weighted by atomic mass is 10.1. The smallest absolute Gasteiger partial charge is 0.408 e. The van der Waals surface area contributed by atoms with Crippen LogP contribution in [0.2, 0.25) is 0 Å². The predicted molar refractivity (Wildman–Crippen MR) is 127 cm³/mol. The molecular formula is C26H31N3O4. The van der Waals surface area contributed by atoms with Crippen LogP contribution in [0.4, 0.5) is 4.79 Å². The first-order valence-corrected chi connectivity index (χ1v) is 11.0. The molecule has 0 aliphatic carbocycles. The fourth-order valence-corrected chi connectivity index (χ4v) is 3.19. The number of aryl methyl sites for hydroxylation is 2. The van der Waals surface area contributed by atoms with Crippen LogP contribution in [0.15, 0.2) is 65.2 Å².